The molecule has 5 heteroatoms. The fourth-order valence-electron chi connectivity index (χ4n) is 2.00. The van der Waals surface area contributed by atoms with E-state index in [1.807, 2.05) is 12.3 Å². The first-order chi connectivity index (χ1) is 9.20. The molecule has 0 fully saturated rings. The van der Waals surface area contributed by atoms with Crippen molar-refractivity contribution in [3.05, 3.63) is 30.0 Å². The zero-order valence-electron chi connectivity index (χ0n) is 10.9. The molecular weight excluding hydrogens is 244 g/mol. The van der Waals surface area contributed by atoms with Gasteiger partial charge in [0.2, 0.25) is 5.91 Å². The Morgan fingerprint density at radius 2 is 2.32 bits per heavy atom. The standard InChI is InChI=1S/C14H18N2O3/c1-19-7-5-14(18)15-6-4-10-9-16-13-8-11(17)2-3-12(10)13/h2-3,8-9,16-17H,4-7H2,1H3,(H,15,18). The number of amides is 1. The quantitative estimate of drug-likeness (QED) is 0.739. The van der Waals surface area contributed by atoms with Crippen LogP contribution in [0.15, 0.2) is 24.4 Å². The van der Waals surface area contributed by atoms with Crippen LogP contribution in [-0.2, 0) is 16.0 Å². The molecule has 3 N–H and O–H groups in total. The van der Waals surface area contributed by atoms with Gasteiger partial charge in [0.1, 0.15) is 5.75 Å². The van der Waals surface area contributed by atoms with Gasteiger partial charge in [-0.3, -0.25) is 4.79 Å². The number of carbonyl (C=O) groups is 1. The van der Waals surface area contributed by atoms with Gasteiger partial charge in [0.15, 0.2) is 0 Å². The molecule has 1 amide bonds. The number of phenolic OH excluding ortho intramolecular Hbond substituents is 1. The average molecular weight is 262 g/mol. The van der Waals surface area contributed by atoms with Crippen molar-refractivity contribution < 1.29 is 14.6 Å². The minimum Gasteiger partial charge on any atom is -0.508 e. The largest absolute Gasteiger partial charge is 0.508 e. The van der Waals surface area contributed by atoms with Gasteiger partial charge >= 0.3 is 0 Å². The van der Waals surface area contributed by atoms with Gasteiger partial charge < -0.3 is 20.1 Å². The van der Waals surface area contributed by atoms with Crippen LogP contribution in [0, 0.1) is 0 Å². The molecule has 1 heterocycles. The van der Waals surface area contributed by atoms with E-state index in [9.17, 15) is 9.90 Å². The highest BCUT2D eigenvalue weighted by Crippen LogP contribution is 2.22. The summed E-state index contributed by atoms with van der Waals surface area (Å²) in [5, 5.41) is 13.3. The number of fused-ring (bicyclic) bond motifs is 1. The van der Waals surface area contributed by atoms with E-state index in [0.717, 1.165) is 22.9 Å². The minimum absolute atomic E-state index is 0.000615. The van der Waals surface area contributed by atoms with Crippen LogP contribution in [0.25, 0.3) is 10.9 Å². The average Bonchev–Trinajstić information content (AvgIpc) is 2.79. The third-order valence-electron chi connectivity index (χ3n) is 3.00. The molecule has 0 spiro atoms. The Bertz CT molecular complexity index is 563. The highest BCUT2D eigenvalue weighted by Gasteiger charge is 2.05. The molecule has 0 saturated heterocycles. The summed E-state index contributed by atoms with van der Waals surface area (Å²) in [6.07, 6.45) is 3.05. The lowest BCUT2D eigenvalue weighted by atomic mass is 10.1. The van der Waals surface area contributed by atoms with Crippen molar-refractivity contribution in [1.29, 1.82) is 0 Å². The molecule has 1 aromatic carbocycles. The molecular formula is C14H18N2O3. The molecule has 0 atom stereocenters. The summed E-state index contributed by atoms with van der Waals surface area (Å²) in [5.41, 5.74) is 2.03. The number of methoxy groups -OCH3 is 1. The molecule has 0 bridgehead atoms. The van der Waals surface area contributed by atoms with Crippen LogP contribution in [0.2, 0.25) is 0 Å². The number of hydrogen-bond donors (Lipinski definition) is 3. The highest BCUT2D eigenvalue weighted by molar-refractivity contribution is 5.84. The first-order valence-electron chi connectivity index (χ1n) is 6.25. The van der Waals surface area contributed by atoms with Gasteiger partial charge in [-0.2, -0.15) is 0 Å². The maximum absolute atomic E-state index is 11.4. The van der Waals surface area contributed by atoms with E-state index in [0.29, 0.717) is 19.6 Å². The third-order valence-corrected chi connectivity index (χ3v) is 3.00. The molecule has 0 aliphatic carbocycles. The van der Waals surface area contributed by atoms with Gasteiger partial charge in [0.25, 0.3) is 0 Å². The molecule has 1 aromatic heterocycles. The Balaban J connectivity index is 1.90. The predicted octanol–water partition coefficient (Wildman–Crippen LogP) is 1.57. The number of ether oxygens (including phenoxy) is 1. The topological polar surface area (TPSA) is 74.3 Å². The van der Waals surface area contributed by atoms with Crippen molar-refractivity contribution in [3.8, 4) is 5.75 Å². The molecule has 0 aliphatic heterocycles. The highest BCUT2D eigenvalue weighted by atomic mass is 16.5. The second kappa shape index (κ2) is 6.24. The molecule has 5 nitrogen and oxygen atoms in total. The Kier molecular flexibility index (Phi) is 4.41. The van der Waals surface area contributed by atoms with Crippen molar-refractivity contribution in [2.75, 3.05) is 20.3 Å². The van der Waals surface area contributed by atoms with Gasteiger partial charge in [-0.05, 0) is 24.1 Å². The van der Waals surface area contributed by atoms with Crippen molar-refractivity contribution >= 4 is 16.8 Å². The maximum Gasteiger partial charge on any atom is 0.222 e. The smallest absolute Gasteiger partial charge is 0.222 e. The molecule has 0 saturated carbocycles. The Morgan fingerprint density at radius 3 is 3.11 bits per heavy atom. The van der Waals surface area contributed by atoms with Crippen LogP contribution in [0.4, 0.5) is 0 Å². The van der Waals surface area contributed by atoms with E-state index < -0.39 is 0 Å². The van der Waals surface area contributed by atoms with Gasteiger partial charge in [-0.1, -0.05) is 0 Å². The lowest BCUT2D eigenvalue weighted by molar-refractivity contribution is -0.121. The van der Waals surface area contributed by atoms with Crippen LogP contribution >= 0.6 is 0 Å². The molecule has 102 valence electrons. The normalized spacial score (nSPS) is 10.8. The molecule has 19 heavy (non-hydrogen) atoms. The molecule has 2 aromatic rings. The van der Waals surface area contributed by atoms with Gasteiger partial charge in [-0.15, -0.1) is 0 Å². The Labute approximate surface area is 111 Å². The summed E-state index contributed by atoms with van der Waals surface area (Å²) in [4.78, 5) is 14.5. The van der Waals surface area contributed by atoms with Crippen molar-refractivity contribution in [3.63, 3.8) is 0 Å². The maximum atomic E-state index is 11.4. The fraction of sp³-hybridized carbons (Fsp3) is 0.357. The summed E-state index contributed by atoms with van der Waals surface area (Å²) < 4.78 is 4.84. The van der Waals surface area contributed by atoms with Crippen LogP contribution in [0.5, 0.6) is 5.75 Å². The van der Waals surface area contributed by atoms with E-state index in [1.54, 1.807) is 19.2 Å². The van der Waals surface area contributed by atoms with E-state index in [4.69, 9.17) is 4.74 Å². The van der Waals surface area contributed by atoms with Gasteiger partial charge in [0.05, 0.1) is 6.61 Å². The van der Waals surface area contributed by atoms with Gasteiger partial charge in [0, 0.05) is 43.2 Å². The second-order valence-corrected chi connectivity index (χ2v) is 4.39. The second-order valence-electron chi connectivity index (χ2n) is 4.39. The zero-order chi connectivity index (χ0) is 13.7. The summed E-state index contributed by atoms with van der Waals surface area (Å²) in [6.45, 7) is 1.04. The Morgan fingerprint density at radius 1 is 1.47 bits per heavy atom. The predicted molar refractivity (Wildman–Crippen MR) is 73.2 cm³/mol. The van der Waals surface area contributed by atoms with Gasteiger partial charge in [-0.25, -0.2) is 0 Å². The number of benzene rings is 1. The molecule has 0 radical (unpaired) electrons. The first-order valence-corrected chi connectivity index (χ1v) is 6.25. The first kappa shape index (κ1) is 13.4. The number of nitrogens with one attached hydrogen (secondary N) is 2. The van der Waals surface area contributed by atoms with E-state index in [2.05, 4.69) is 10.3 Å². The van der Waals surface area contributed by atoms with E-state index in [-0.39, 0.29) is 11.7 Å². The monoisotopic (exact) mass is 262 g/mol. The summed E-state index contributed by atoms with van der Waals surface area (Å²) >= 11 is 0. The number of H-pyrrole nitrogens is 1. The number of aromatic hydroxyl groups is 1. The lowest BCUT2D eigenvalue weighted by Crippen LogP contribution is -2.26. The minimum atomic E-state index is -0.000615. The SMILES string of the molecule is COCCC(=O)NCCc1c[nH]c2cc(O)ccc12. The summed E-state index contributed by atoms with van der Waals surface area (Å²) in [6, 6.07) is 5.23. The number of rotatable bonds is 6. The lowest BCUT2D eigenvalue weighted by Gasteiger charge is -2.04. The van der Waals surface area contributed by atoms with Crippen LogP contribution < -0.4 is 5.32 Å². The summed E-state index contributed by atoms with van der Waals surface area (Å²) in [5.74, 6) is 0.244. The third kappa shape index (κ3) is 3.48. The van der Waals surface area contributed by atoms with Crippen LogP contribution in [-0.4, -0.2) is 36.3 Å². The van der Waals surface area contributed by atoms with E-state index in [1.165, 1.54) is 0 Å². The number of phenols is 1. The number of hydrogen-bond acceptors (Lipinski definition) is 3. The van der Waals surface area contributed by atoms with Crippen molar-refractivity contribution in [1.82, 2.24) is 10.3 Å². The molecule has 2 rings (SSSR count). The molecule has 0 aliphatic rings. The number of aromatic nitrogens is 1. The zero-order valence-corrected chi connectivity index (χ0v) is 10.9. The Hall–Kier alpha value is -2.01. The molecule has 0 unspecified atom stereocenters. The van der Waals surface area contributed by atoms with Crippen LogP contribution in [0.3, 0.4) is 0 Å². The van der Waals surface area contributed by atoms with E-state index >= 15 is 0 Å². The van der Waals surface area contributed by atoms with Crippen molar-refractivity contribution in [2.24, 2.45) is 0 Å². The number of carbonyl (C=O) groups excluding carboxylic acids is 1. The number of aromatic amines is 1. The van der Waals surface area contributed by atoms with Crippen LogP contribution in [0.1, 0.15) is 12.0 Å². The van der Waals surface area contributed by atoms with Crippen molar-refractivity contribution in [2.45, 2.75) is 12.8 Å². The fourth-order valence-corrected chi connectivity index (χ4v) is 2.00. The summed E-state index contributed by atoms with van der Waals surface area (Å²) in [7, 11) is 1.58.